The molecule has 1 heteroatoms. The van der Waals surface area contributed by atoms with Crippen LogP contribution in [0.1, 0.15) is 93.4 Å². The molecule has 0 saturated heterocycles. The molecule has 1 nitrogen and oxygen atoms in total. The molecule has 21 heavy (non-hydrogen) atoms. The highest BCUT2D eigenvalue weighted by atomic mass is 14.7. The van der Waals surface area contributed by atoms with Crippen LogP contribution in [0.4, 0.5) is 0 Å². The number of rotatable bonds is 9. The van der Waals surface area contributed by atoms with Crippen molar-refractivity contribution in [3.8, 4) is 0 Å². The molecule has 0 aromatic rings. The van der Waals surface area contributed by atoms with Crippen molar-refractivity contribution in [2.24, 2.45) is 4.99 Å². The van der Waals surface area contributed by atoms with Crippen molar-refractivity contribution >= 4 is 5.71 Å². The molecule has 0 aromatic carbocycles. The van der Waals surface area contributed by atoms with Gasteiger partial charge in [0, 0.05) is 12.3 Å². The standard InChI is InChI=1S/C17H31N.C3H8/c1-6-8-10-15(3)11-9-12-16(4)13-14-17(5)18-7-2;1-3-2/h10,12H,6-9,11,13-14H2,1-5H3;3H2,1-2H3/b15-10+,16-12+,18-17?;. The third kappa shape index (κ3) is 19.1. The van der Waals surface area contributed by atoms with Crippen LogP contribution in [0, 0.1) is 0 Å². The average Bonchev–Trinajstić information content (AvgIpc) is 2.44. The van der Waals surface area contributed by atoms with Gasteiger partial charge in [0.25, 0.3) is 0 Å². The summed E-state index contributed by atoms with van der Waals surface area (Å²) in [6.07, 6.45) is 13.2. The molecule has 0 aliphatic rings. The maximum atomic E-state index is 4.42. The highest BCUT2D eigenvalue weighted by molar-refractivity contribution is 5.82. The lowest BCUT2D eigenvalue weighted by molar-refractivity contribution is 0.898. The monoisotopic (exact) mass is 293 g/mol. The SMILES string of the molecule is CCC.CCC/C=C(\C)CC/C=C(\C)CCC(C)=NCC. The topological polar surface area (TPSA) is 12.4 Å². The molecule has 0 atom stereocenters. The molecule has 0 radical (unpaired) electrons. The second-order valence-electron chi connectivity index (χ2n) is 5.85. The van der Waals surface area contributed by atoms with Crippen LogP contribution in [0.3, 0.4) is 0 Å². The van der Waals surface area contributed by atoms with Gasteiger partial charge < -0.3 is 0 Å². The van der Waals surface area contributed by atoms with Crippen LogP contribution in [0.5, 0.6) is 0 Å². The Bertz CT molecular complexity index is 308. The van der Waals surface area contributed by atoms with Gasteiger partial charge in [-0.3, -0.25) is 4.99 Å². The molecule has 0 amide bonds. The van der Waals surface area contributed by atoms with Gasteiger partial charge in [-0.25, -0.2) is 0 Å². The fourth-order valence-electron chi connectivity index (χ4n) is 1.87. The number of aliphatic imine (C=N–C) groups is 1. The minimum Gasteiger partial charge on any atom is -0.295 e. The van der Waals surface area contributed by atoms with Gasteiger partial charge in [-0.1, -0.05) is 56.9 Å². The van der Waals surface area contributed by atoms with Crippen LogP contribution in [0.15, 0.2) is 28.3 Å². The van der Waals surface area contributed by atoms with Gasteiger partial charge in [-0.15, -0.1) is 0 Å². The predicted molar refractivity (Wildman–Crippen MR) is 101 cm³/mol. The van der Waals surface area contributed by atoms with Gasteiger partial charge in [0.15, 0.2) is 0 Å². The normalized spacial score (nSPS) is 13.0. The van der Waals surface area contributed by atoms with E-state index in [9.17, 15) is 0 Å². The second-order valence-corrected chi connectivity index (χ2v) is 5.85. The lowest BCUT2D eigenvalue weighted by Gasteiger charge is -2.03. The fraction of sp³-hybridized carbons (Fsp3) is 0.750. The first-order valence-corrected chi connectivity index (χ1v) is 8.82. The molecule has 0 spiro atoms. The molecule has 0 aliphatic heterocycles. The molecule has 0 rings (SSSR count). The zero-order valence-electron chi connectivity index (χ0n) is 15.8. The quantitative estimate of drug-likeness (QED) is 0.316. The Balaban J connectivity index is 0. The van der Waals surface area contributed by atoms with E-state index >= 15 is 0 Å². The van der Waals surface area contributed by atoms with E-state index in [0.717, 1.165) is 19.4 Å². The van der Waals surface area contributed by atoms with E-state index in [0.29, 0.717) is 0 Å². The van der Waals surface area contributed by atoms with Crippen molar-refractivity contribution in [1.29, 1.82) is 0 Å². The Morgan fingerprint density at radius 3 is 1.81 bits per heavy atom. The Kier molecular flexibility index (Phi) is 18.4. The van der Waals surface area contributed by atoms with Gasteiger partial charge in [-0.2, -0.15) is 0 Å². The molecule has 124 valence electrons. The summed E-state index contributed by atoms with van der Waals surface area (Å²) < 4.78 is 0. The molecule has 0 unspecified atom stereocenters. The zero-order chi connectivity index (χ0) is 16.5. The van der Waals surface area contributed by atoms with E-state index in [-0.39, 0.29) is 0 Å². The third-order valence-corrected chi connectivity index (χ3v) is 3.12. The lowest BCUT2D eigenvalue weighted by Crippen LogP contribution is -1.93. The van der Waals surface area contributed by atoms with Crippen molar-refractivity contribution in [3.05, 3.63) is 23.3 Å². The van der Waals surface area contributed by atoms with Gasteiger partial charge in [0.2, 0.25) is 0 Å². The van der Waals surface area contributed by atoms with Gasteiger partial charge in [0.05, 0.1) is 0 Å². The second kappa shape index (κ2) is 17.2. The van der Waals surface area contributed by atoms with Gasteiger partial charge in [0.1, 0.15) is 0 Å². The maximum Gasteiger partial charge on any atom is 0.0360 e. The van der Waals surface area contributed by atoms with Crippen LogP contribution in [-0.2, 0) is 0 Å². The molecule has 0 N–H and O–H groups in total. The minimum atomic E-state index is 0.913. The van der Waals surface area contributed by atoms with Crippen LogP contribution in [0.25, 0.3) is 0 Å². The predicted octanol–water partition coefficient (Wildman–Crippen LogP) is 7.14. The van der Waals surface area contributed by atoms with E-state index in [1.54, 1.807) is 0 Å². The molecule has 0 saturated carbocycles. The van der Waals surface area contributed by atoms with E-state index in [1.165, 1.54) is 49.0 Å². The Morgan fingerprint density at radius 1 is 0.762 bits per heavy atom. The van der Waals surface area contributed by atoms with Gasteiger partial charge >= 0.3 is 0 Å². The summed E-state index contributed by atoms with van der Waals surface area (Å²) in [7, 11) is 0. The van der Waals surface area contributed by atoms with Crippen molar-refractivity contribution in [2.75, 3.05) is 6.54 Å². The average molecular weight is 294 g/mol. The van der Waals surface area contributed by atoms with Crippen LogP contribution in [-0.4, -0.2) is 12.3 Å². The van der Waals surface area contributed by atoms with Crippen LogP contribution >= 0.6 is 0 Å². The largest absolute Gasteiger partial charge is 0.295 e. The smallest absolute Gasteiger partial charge is 0.0360 e. The first-order valence-electron chi connectivity index (χ1n) is 8.82. The van der Waals surface area contributed by atoms with E-state index in [2.05, 4.69) is 65.6 Å². The summed E-state index contributed by atoms with van der Waals surface area (Å²) in [5, 5.41) is 0. The first-order chi connectivity index (χ1) is 10.0. The van der Waals surface area contributed by atoms with Crippen molar-refractivity contribution in [1.82, 2.24) is 0 Å². The summed E-state index contributed by atoms with van der Waals surface area (Å²) in [5.74, 6) is 0. The number of unbranched alkanes of at least 4 members (excludes halogenated alkanes) is 1. The summed E-state index contributed by atoms with van der Waals surface area (Å²) in [4.78, 5) is 4.42. The molecular weight excluding hydrogens is 254 g/mol. The Hall–Kier alpha value is -0.850. The molecule has 0 fully saturated rings. The molecule has 0 aromatic heterocycles. The zero-order valence-corrected chi connectivity index (χ0v) is 15.8. The summed E-state index contributed by atoms with van der Waals surface area (Å²) in [6, 6.07) is 0. The highest BCUT2D eigenvalue weighted by Gasteiger charge is 1.94. The molecule has 0 heterocycles. The maximum absolute atomic E-state index is 4.42. The molecule has 0 bridgehead atoms. The molecule has 0 aliphatic carbocycles. The third-order valence-electron chi connectivity index (χ3n) is 3.12. The van der Waals surface area contributed by atoms with Crippen LogP contribution in [0.2, 0.25) is 0 Å². The van der Waals surface area contributed by atoms with E-state index in [4.69, 9.17) is 0 Å². The summed E-state index contributed by atoms with van der Waals surface area (Å²) in [5.41, 5.74) is 4.32. The van der Waals surface area contributed by atoms with Crippen LogP contribution < -0.4 is 0 Å². The highest BCUT2D eigenvalue weighted by Crippen LogP contribution is 2.11. The van der Waals surface area contributed by atoms with Crippen molar-refractivity contribution in [3.63, 3.8) is 0 Å². The Morgan fingerprint density at radius 2 is 1.29 bits per heavy atom. The summed E-state index contributed by atoms with van der Waals surface area (Å²) in [6.45, 7) is 16.1. The number of nitrogens with zero attached hydrogens (tertiary/aromatic N) is 1. The molecular formula is C20H39N. The van der Waals surface area contributed by atoms with Crippen molar-refractivity contribution < 1.29 is 0 Å². The number of hydrogen-bond acceptors (Lipinski definition) is 1. The number of allylic oxidation sites excluding steroid dienone is 4. The number of hydrogen-bond donors (Lipinski definition) is 0. The van der Waals surface area contributed by atoms with Crippen molar-refractivity contribution in [2.45, 2.75) is 93.4 Å². The van der Waals surface area contributed by atoms with E-state index < -0.39 is 0 Å². The lowest BCUT2D eigenvalue weighted by atomic mass is 10.1. The summed E-state index contributed by atoms with van der Waals surface area (Å²) >= 11 is 0. The first kappa shape index (κ1) is 22.4. The van der Waals surface area contributed by atoms with E-state index in [1.807, 2.05) is 0 Å². The fourth-order valence-corrected chi connectivity index (χ4v) is 1.87. The Labute approximate surface area is 134 Å². The minimum absolute atomic E-state index is 0.913. The van der Waals surface area contributed by atoms with Gasteiger partial charge in [-0.05, 0) is 59.8 Å².